The van der Waals surface area contributed by atoms with E-state index in [1.807, 2.05) is 54.6 Å². The van der Waals surface area contributed by atoms with Crippen molar-refractivity contribution in [3.05, 3.63) is 83.9 Å². The molecule has 4 heteroatoms. The van der Waals surface area contributed by atoms with Gasteiger partial charge in [0.25, 0.3) is 5.91 Å². The van der Waals surface area contributed by atoms with E-state index in [4.69, 9.17) is 16.3 Å². The number of para-hydroxylation sites is 1. The van der Waals surface area contributed by atoms with Gasteiger partial charge in [0.1, 0.15) is 5.75 Å². The van der Waals surface area contributed by atoms with E-state index in [-0.39, 0.29) is 5.91 Å². The summed E-state index contributed by atoms with van der Waals surface area (Å²) in [7, 11) is 0. The zero-order chi connectivity index (χ0) is 17.6. The summed E-state index contributed by atoms with van der Waals surface area (Å²) < 4.78 is 5.72. The number of carbonyl (C=O) groups is 1. The van der Waals surface area contributed by atoms with Crippen molar-refractivity contribution in [2.45, 2.75) is 13.0 Å². The van der Waals surface area contributed by atoms with Gasteiger partial charge in [-0.15, -0.1) is 0 Å². The van der Waals surface area contributed by atoms with E-state index in [1.54, 1.807) is 19.1 Å². The summed E-state index contributed by atoms with van der Waals surface area (Å²) in [4.78, 5) is 12.3. The van der Waals surface area contributed by atoms with Crippen LogP contribution in [0.1, 0.15) is 6.92 Å². The van der Waals surface area contributed by atoms with Crippen molar-refractivity contribution in [1.82, 2.24) is 0 Å². The highest BCUT2D eigenvalue weighted by Gasteiger charge is 2.16. The number of benzene rings is 3. The average molecular weight is 352 g/mol. The van der Waals surface area contributed by atoms with Gasteiger partial charge in [0, 0.05) is 0 Å². The van der Waals surface area contributed by atoms with E-state index in [9.17, 15) is 4.79 Å². The Balaban J connectivity index is 1.63. The van der Waals surface area contributed by atoms with Crippen molar-refractivity contribution in [3.63, 3.8) is 0 Å². The van der Waals surface area contributed by atoms with Gasteiger partial charge >= 0.3 is 0 Å². The van der Waals surface area contributed by atoms with Gasteiger partial charge in [0.15, 0.2) is 6.10 Å². The van der Waals surface area contributed by atoms with E-state index in [0.29, 0.717) is 16.5 Å². The molecule has 3 rings (SSSR count). The molecule has 0 bridgehead atoms. The van der Waals surface area contributed by atoms with Gasteiger partial charge in [0.2, 0.25) is 0 Å². The van der Waals surface area contributed by atoms with Crippen LogP contribution in [0.25, 0.3) is 11.1 Å². The van der Waals surface area contributed by atoms with Crippen molar-refractivity contribution in [2.24, 2.45) is 0 Å². The summed E-state index contributed by atoms with van der Waals surface area (Å²) in [6.07, 6.45) is -0.640. The number of rotatable bonds is 5. The Morgan fingerprint density at radius 2 is 1.48 bits per heavy atom. The fraction of sp³-hybridized carbons (Fsp3) is 0.0952. The molecular weight excluding hydrogens is 334 g/mol. The Labute approximate surface area is 152 Å². The van der Waals surface area contributed by atoms with E-state index < -0.39 is 6.10 Å². The lowest BCUT2D eigenvalue weighted by molar-refractivity contribution is -0.122. The lowest BCUT2D eigenvalue weighted by atomic mass is 10.1. The smallest absolute Gasteiger partial charge is 0.265 e. The van der Waals surface area contributed by atoms with Crippen molar-refractivity contribution >= 4 is 23.2 Å². The number of hydrogen-bond acceptors (Lipinski definition) is 2. The quantitative estimate of drug-likeness (QED) is 0.667. The molecule has 0 unspecified atom stereocenters. The van der Waals surface area contributed by atoms with Crippen LogP contribution in [-0.4, -0.2) is 12.0 Å². The minimum absolute atomic E-state index is 0.250. The molecule has 0 radical (unpaired) electrons. The lowest BCUT2D eigenvalue weighted by Gasteiger charge is -2.15. The van der Waals surface area contributed by atoms with Crippen molar-refractivity contribution in [1.29, 1.82) is 0 Å². The Hall–Kier alpha value is -2.78. The third-order valence-electron chi connectivity index (χ3n) is 3.78. The number of anilines is 1. The Bertz CT molecular complexity index is 847. The number of ether oxygens (including phenoxy) is 1. The van der Waals surface area contributed by atoms with Gasteiger partial charge in [-0.2, -0.15) is 0 Å². The first-order valence-electron chi connectivity index (χ1n) is 8.01. The third kappa shape index (κ3) is 4.40. The number of amides is 1. The summed E-state index contributed by atoms with van der Waals surface area (Å²) in [5.41, 5.74) is 2.81. The Morgan fingerprint density at radius 1 is 0.880 bits per heavy atom. The predicted molar refractivity (Wildman–Crippen MR) is 102 cm³/mol. The lowest BCUT2D eigenvalue weighted by Crippen LogP contribution is -2.30. The van der Waals surface area contributed by atoms with E-state index in [1.165, 1.54) is 0 Å². The van der Waals surface area contributed by atoms with E-state index in [0.717, 1.165) is 11.1 Å². The molecule has 3 aromatic rings. The molecule has 126 valence electrons. The molecule has 0 heterocycles. The molecule has 0 aliphatic rings. The molecule has 0 aromatic heterocycles. The number of hydrogen-bond donors (Lipinski definition) is 1. The number of nitrogens with one attached hydrogen (secondary N) is 1. The largest absolute Gasteiger partial charge is 0.481 e. The van der Waals surface area contributed by atoms with Crippen LogP contribution in [0.3, 0.4) is 0 Å². The summed E-state index contributed by atoms with van der Waals surface area (Å²) in [6, 6.07) is 24.9. The second-order valence-electron chi connectivity index (χ2n) is 5.62. The van der Waals surface area contributed by atoms with Gasteiger partial charge in [-0.05, 0) is 42.3 Å². The van der Waals surface area contributed by atoms with Crippen LogP contribution in [0.15, 0.2) is 78.9 Å². The van der Waals surface area contributed by atoms with Crippen LogP contribution in [0.2, 0.25) is 5.02 Å². The molecule has 0 saturated carbocycles. The second-order valence-corrected chi connectivity index (χ2v) is 6.03. The van der Waals surface area contributed by atoms with Crippen molar-refractivity contribution in [3.8, 4) is 16.9 Å². The van der Waals surface area contributed by atoms with Gasteiger partial charge in [0.05, 0.1) is 10.7 Å². The van der Waals surface area contributed by atoms with Crippen LogP contribution in [0, 0.1) is 0 Å². The minimum Gasteiger partial charge on any atom is -0.481 e. The van der Waals surface area contributed by atoms with Crippen LogP contribution in [0.4, 0.5) is 5.69 Å². The average Bonchev–Trinajstić information content (AvgIpc) is 2.65. The molecule has 0 aliphatic carbocycles. The molecule has 1 amide bonds. The highest BCUT2D eigenvalue weighted by molar-refractivity contribution is 6.33. The van der Waals surface area contributed by atoms with Crippen molar-refractivity contribution in [2.75, 3.05) is 5.32 Å². The normalized spacial score (nSPS) is 11.6. The van der Waals surface area contributed by atoms with Crippen molar-refractivity contribution < 1.29 is 9.53 Å². The summed E-state index contributed by atoms with van der Waals surface area (Å²) in [5, 5.41) is 3.27. The summed E-state index contributed by atoms with van der Waals surface area (Å²) in [5.74, 6) is 0.390. The molecule has 0 spiro atoms. The first-order chi connectivity index (χ1) is 12.1. The SMILES string of the molecule is C[C@@H](Oc1ccc(-c2ccccc2)cc1)C(=O)Nc1ccccc1Cl. The second kappa shape index (κ2) is 7.86. The van der Waals surface area contributed by atoms with Gasteiger partial charge < -0.3 is 10.1 Å². The fourth-order valence-electron chi connectivity index (χ4n) is 2.41. The molecule has 25 heavy (non-hydrogen) atoms. The van der Waals surface area contributed by atoms with Gasteiger partial charge in [-0.3, -0.25) is 4.79 Å². The molecule has 0 fully saturated rings. The van der Waals surface area contributed by atoms with Crippen LogP contribution >= 0.6 is 11.6 Å². The maximum absolute atomic E-state index is 12.3. The molecular formula is C21H18ClNO2. The van der Waals surface area contributed by atoms with Crippen LogP contribution in [-0.2, 0) is 4.79 Å². The Kier molecular flexibility index (Phi) is 5.36. The van der Waals surface area contributed by atoms with Gasteiger partial charge in [-0.25, -0.2) is 0 Å². The topological polar surface area (TPSA) is 38.3 Å². The monoisotopic (exact) mass is 351 g/mol. The number of halogens is 1. The number of carbonyl (C=O) groups excluding carboxylic acids is 1. The zero-order valence-corrected chi connectivity index (χ0v) is 14.5. The summed E-state index contributed by atoms with van der Waals surface area (Å²) >= 11 is 6.05. The molecule has 0 aliphatic heterocycles. The highest BCUT2D eigenvalue weighted by Crippen LogP contribution is 2.24. The Morgan fingerprint density at radius 3 is 2.16 bits per heavy atom. The standard InChI is InChI=1S/C21H18ClNO2/c1-15(21(24)23-20-10-6-5-9-19(20)22)25-18-13-11-17(12-14-18)16-7-3-2-4-8-16/h2-15H,1H3,(H,23,24)/t15-/m1/s1. The maximum Gasteiger partial charge on any atom is 0.265 e. The molecule has 1 atom stereocenters. The summed E-state index contributed by atoms with van der Waals surface area (Å²) in [6.45, 7) is 1.71. The van der Waals surface area contributed by atoms with E-state index >= 15 is 0 Å². The predicted octanol–water partition coefficient (Wildman–Crippen LogP) is 5.41. The van der Waals surface area contributed by atoms with E-state index in [2.05, 4.69) is 17.4 Å². The first-order valence-corrected chi connectivity index (χ1v) is 8.39. The zero-order valence-electron chi connectivity index (χ0n) is 13.8. The van der Waals surface area contributed by atoms with Crippen LogP contribution < -0.4 is 10.1 Å². The minimum atomic E-state index is -0.640. The molecule has 3 nitrogen and oxygen atoms in total. The molecule has 0 saturated heterocycles. The first kappa shape index (κ1) is 17.1. The molecule has 1 N–H and O–H groups in total. The van der Waals surface area contributed by atoms with Gasteiger partial charge in [-0.1, -0.05) is 66.2 Å². The fourth-order valence-corrected chi connectivity index (χ4v) is 2.59. The van der Waals surface area contributed by atoms with Crippen LogP contribution in [0.5, 0.6) is 5.75 Å². The highest BCUT2D eigenvalue weighted by atomic mass is 35.5. The third-order valence-corrected chi connectivity index (χ3v) is 4.10. The molecule has 3 aromatic carbocycles. The maximum atomic E-state index is 12.3.